The average molecular weight is 432 g/mol. The SMILES string of the molecule is CCc1ccc(Cn2nccc2NC(=O)C2CCN(c3ccc4nnnn4n3)CC2)cc1. The monoisotopic (exact) mass is 431 g/mol. The highest BCUT2D eigenvalue weighted by atomic mass is 16.2. The molecule has 0 radical (unpaired) electrons. The molecule has 1 saturated heterocycles. The van der Waals surface area contributed by atoms with Crippen molar-refractivity contribution < 1.29 is 4.79 Å². The summed E-state index contributed by atoms with van der Waals surface area (Å²) in [7, 11) is 0. The van der Waals surface area contributed by atoms with Crippen LogP contribution in [0.2, 0.25) is 0 Å². The number of benzene rings is 1. The van der Waals surface area contributed by atoms with Crippen LogP contribution in [0.15, 0.2) is 48.7 Å². The number of hydrogen-bond acceptors (Lipinski definition) is 7. The molecule has 1 aliphatic heterocycles. The number of amides is 1. The molecule has 0 bridgehead atoms. The van der Waals surface area contributed by atoms with Crippen molar-refractivity contribution in [2.45, 2.75) is 32.7 Å². The fraction of sp³-hybridized carbons (Fsp3) is 0.364. The molecule has 3 aromatic heterocycles. The minimum atomic E-state index is -0.0461. The Bertz CT molecular complexity index is 1210. The number of hydrogen-bond donors (Lipinski definition) is 1. The van der Waals surface area contributed by atoms with Crippen molar-refractivity contribution in [1.82, 2.24) is 35.0 Å². The van der Waals surface area contributed by atoms with Gasteiger partial charge in [-0.3, -0.25) is 4.79 Å². The van der Waals surface area contributed by atoms with E-state index in [1.807, 2.05) is 22.9 Å². The summed E-state index contributed by atoms with van der Waals surface area (Å²) in [6.45, 7) is 4.27. The Balaban J connectivity index is 1.18. The second kappa shape index (κ2) is 8.74. The van der Waals surface area contributed by atoms with Gasteiger partial charge >= 0.3 is 0 Å². The zero-order chi connectivity index (χ0) is 21.9. The summed E-state index contributed by atoms with van der Waals surface area (Å²) in [6, 6.07) is 14.1. The summed E-state index contributed by atoms with van der Waals surface area (Å²) in [5, 5.41) is 23.3. The molecule has 0 saturated carbocycles. The van der Waals surface area contributed by atoms with Crippen LogP contribution in [0, 0.1) is 5.92 Å². The largest absolute Gasteiger partial charge is 0.355 e. The Morgan fingerprint density at radius 3 is 2.62 bits per heavy atom. The van der Waals surface area contributed by atoms with Crippen LogP contribution in [-0.2, 0) is 17.8 Å². The number of carbonyl (C=O) groups excluding carboxylic acids is 1. The van der Waals surface area contributed by atoms with Crippen LogP contribution in [0.3, 0.4) is 0 Å². The number of aryl methyl sites for hydroxylation is 1. The molecule has 4 aromatic rings. The van der Waals surface area contributed by atoms with Crippen molar-refractivity contribution in [2.24, 2.45) is 5.92 Å². The molecule has 0 aliphatic carbocycles. The van der Waals surface area contributed by atoms with E-state index in [0.29, 0.717) is 12.2 Å². The Hall–Kier alpha value is -3.82. The fourth-order valence-corrected chi connectivity index (χ4v) is 4.03. The van der Waals surface area contributed by atoms with Crippen molar-refractivity contribution in [1.29, 1.82) is 0 Å². The van der Waals surface area contributed by atoms with E-state index in [4.69, 9.17) is 0 Å². The highest BCUT2D eigenvalue weighted by molar-refractivity contribution is 5.91. The lowest BCUT2D eigenvalue weighted by Crippen LogP contribution is -2.39. The van der Waals surface area contributed by atoms with E-state index >= 15 is 0 Å². The molecule has 10 heteroatoms. The van der Waals surface area contributed by atoms with Gasteiger partial charge in [-0.25, -0.2) is 4.68 Å². The number of fused-ring (bicyclic) bond motifs is 1. The van der Waals surface area contributed by atoms with Crippen LogP contribution >= 0.6 is 0 Å². The van der Waals surface area contributed by atoms with Gasteiger partial charge in [0.15, 0.2) is 11.5 Å². The fourth-order valence-electron chi connectivity index (χ4n) is 4.03. The summed E-state index contributed by atoms with van der Waals surface area (Å²) in [6.07, 6.45) is 4.26. The van der Waals surface area contributed by atoms with Gasteiger partial charge in [-0.1, -0.05) is 31.2 Å². The predicted molar refractivity (Wildman–Crippen MR) is 119 cm³/mol. The Kier molecular flexibility index (Phi) is 5.49. The van der Waals surface area contributed by atoms with Gasteiger partial charge in [0.2, 0.25) is 5.91 Å². The standard InChI is InChI=1S/C22H25N9O/c1-2-16-3-5-17(6-4-16)15-30-19(9-12-23-30)24-22(32)18-10-13-29(14-11-18)21-8-7-20-25-27-28-31(20)26-21/h3-9,12,18H,2,10-11,13-15H2,1H3,(H,24,32). The molecular formula is C22H25N9O. The van der Waals surface area contributed by atoms with Gasteiger partial charge in [-0.2, -0.15) is 5.10 Å². The topological polar surface area (TPSA) is 106 Å². The first kappa shape index (κ1) is 20.1. The van der Waals surface area contributed by atoms with E-state index in [1.165, 1.54) is 10.2 Å². The number of carbonyl (C=O) groups is 1. The molecule has 1 amide bonds. The molecule has 164 valence electrons. The van der Waals surface area contributed by atoms with Crippen molar-refractivity contribution in [3.63, 3.8) is 0 Å². The Labute approximate surface area is 185 Å². The molecule has 10 nitrogen and oxygen atoms in total. The van der Waals surface area contributed by atoms with Gasteiger partial charge in [0.25, 0.3) is 0 Å². The van der Waals surface area contributed by atoms with Gasteiger partial charge in [0, 0.05) is 25.1 Å². The second-order valence-corrected chi connectivity index (χ2v) is 8.01. The zero-order valence-corrected chi connectivity index (χ0v) is 17.9. The molecule has 1 fully saturated rings. The van der Waals surface area contributed by atoms with Gasteiger partial charge in [-0.05, 0) is 52.9 Å². The Morgan fingerprint density at radius 2 is 1.84 bits per heavy atom. The summed E-state index contributed by atoms with van der Waals surface area (Å²) in [4.78, 5) is 15.1. The average Bonchev–Trinajstić information content (AvgIpc) is 3.48. The molecular weight excluding hydrogens is 406 g/mol. The maximum atomic E-state index is 12.9. The van der Waals surface area contributed by atoms with E-state index < -0.39 is 0 Å². The molecule has 1 aromatic carbocycles. The van der Waals surface area contributed by atoms with Crippen LogP contribution in [0.4, 0.5) is 11.6 Å². The first-order valence-corrected chi connectivity index (χ1v) is 10.9. The van der Waals surface area contributed by atoms with Gasteiger partial charge < -0.3 is 10.2 Å². The maximum absolute atomic E-state index is 12.9. The highest BCUT2D eigenvalue weighted by Crippen LogP contribution is 2.23. The van der Waals surface area contributed by atoms with Crippen molar-refractivity contribution >= 4 is 23.2 Å². The molecule has 1 N–H and O–H groups in total. The van der Waals surface area contributed by atoms with E-state index in [-0.39, 0.29) is 11.8 Å². The van der Waals surface area contributed by atoms with Crippen molar-refractivity contribution in [2.75, 3.05) is 23.3 Å². The molecule has 1 aliphatic rings. The quantitative estimate of drug-likeness (QED) is 0.499. The van der Waals surface area contributed by atoms with E-state index in [9.17, 15) is 4.79 Å². The van der Waals surface area contributed by atoms with E-state index in [1.54, 1.807) is 6.20 Å². The van der Waals surface area contributed by atoms with Gasteiger partial charge in [0.1, 0.15) is 5.82 Å². The van der Waals surface area contributed by atoms with Crippen molar-refractivity contribution in [3.05, 3.63) is 59.8 Å². The van der Waals surface area contributed by atoms with Crippen LogP contribution < -0.4 is 10.2 Å². The molecule has 0 spiro atoms. The number of nitrogens with one attached hydrogen (secondary N) is 1. The number of anilines is 2. The van der Waals surface area contributed by atoms with Crippen molar-refractivity contribution in [3.8, 4) is 0 Å². The first-order chi connectivity index (χ1) is 15.7. The molecule has 32 heavy (non-hydrogen) atoms. The van der Waals surface area contributed by atoms with Gasteiger partial charge in [-0.15, -0.1) is 14.8 Å². The highest BCUT2D eigenvalue weighted by Gasteiger charge is 2.26. The molecule has 0 unspecified atom stereocenters. The molecule has 4 heterocycles. The molecule has 0 atom stereocenters. The smallest absolute Gasteiger partial charge is 0.228 e. The second-order valence-electron chi connectivity index (χ2n) is 8.01. The number of piperidine rings is 1. The minimum absolute atomic E-state index is 0.0385. The summed E-state index contributed by atoms with van der Waals surface area (Å²) < 4.78 is 3.25. The third-order valence-electron chi connectivity index (χ3n) is 5.98. The lowest BCUT2D eigenvalue weighted by Gasteiger charge is -2.31. The lowest BCUT2D eigenvalue weighted by atomic mass is 9.96. The number of nitrogens with zero attached hydrogens (tertiary/aromatic N) is 8. The third-order valence-corrected chi connectivity index (χ3v) is 5.98. The summed E-state index contributed by atoms with van der Waals surface area (Å²) in [5.41, 5.74) is 3.07. The van der Waals surface area contributed by atoms with E-state index in [0.717, 1.165) is 49.6 Å². The van der Waals surface area contributed by atoms with Gasteiger partial charge in [0.05, 0.1) is 12.7 Å². The number of tetrazole rings is 1. The predicted octanol–water partition coefficient (Wildman–Crippen LogP) is 2.18. The third kappa shape index (κ3) is 4.16. The number of aromatic nitrogens is 7. The number of rotatable bonds is 6. The summed E-state index contributed by atoms with van der Waals surface area (Å²) in [5.74, 6) is 1.53. The van der Waals surface area contributed by atoms with Crippen LogP contribution in [-0.4, -0.2) is 54.0 Å². The van der Waals surface area contributed by atoms with Crippen LogP contribution in [0.25, 0.3) is 5.65 Å². The van der Waals surface area contributed by atoms with Crippen LogP contribution in [0.1, 0.15) is 30.9 Å². The minimum Gasteiger partial charge on any atom is -0.355 e. The van der Waals surface area contributed by atoms with E-state index in [2.05, 4.69) is 67.1 Å². The normalized spacial score (nSPS) is 14.7. The maximum Gasteiger partial charge on any atom is 0.228 e. The first-order valence-electron chi connectivity index (χ1n) is 10.9. The lowest BCUT2D eigenvalue weighted by molar-refractivity contribution is -0.120. The molecule has 5 rings (SSSR count). The zero-order valence-electron chi connectivity index (χ0n) is 17.9. The van der Waals surface area contributed by atoms with Crippen LogP contribution in [0.5, 0.6) is 0 Å². The summed E-state index contributed by atoms with van der Waals surface area (Å²) >= 11 is 0. The Morgan fingerprint density at radius 1 is 1.06 bits per heavy atom.